The summed E-state index contributed by atoms with van der Waals surface area (Å²) in [4.78, 5) is 29.8. The number of aryl methyl sites for hydroxylation is 1. The molecule has 3 aromatic rings. The quantitative estimate of drug-likeness (QED) is 0.607. The number of nitrogens with one attached hydrogen (secondary N) is 2. The second-order valence-electron chi connectivity index (χ2n) is 7.19. The van der Waals surface area contributed by atoms with E-state index in [1.54, 1.807) is 6.92 Å². The summed E-state index contributed by atoms with van der Waals surface area (Å²) in [6.07, 6.45) is 1.21. The molecule has 2 N–H and O–H groups in total. The molecule has 4 rings (SSSR count). The van der Waals surface area contributed by atoms with E-state index in [1.165, 1.54) is 17.4 Å². The van der Waals surface area contributed by atoms with E-state index in [0.29, 0.717) is 29.2 Å². The van der Waals surface area contributed by atoms with Gasteiger partial charge in [0.15, 0.2) is 16.8 Å². The molecule has 5 nitrogen and oxygen atoms in total. The third-order valence-corrected chi connectivity index (χ3v) is 5.95. The van der Waals surface area contributed by atoms with Crippen LogP contribution in [-0.4, -0.2) is 16.8 Å². The fraction of sp³-hybridized carbons (Fsp3) is 0.227. The lowest BCUT2D eigenvalue weighted by Gasteiger charge is -2.24. The standard InChI is InChI=1S/C22H19F2N3O2S/c1-12-20(14-6-8-16(23)17(24)11-14)27-22(30-12)26-19(28)9-7-15-10-13-4-2-3-5-18(13)25-21(15)29/h2-6,8,11,15H,7,9-10H2,1H3,(H,25,29)(H,26,27,28)/t15-/m0/s1. The number of nitrogens with zero attached hydrogens (tertiary/aromatic N) is 1. The van der Waals surface area contributed by atoms with E-state index in [0.717, 1.165) is 28.3 Å². The normalized spacial score (nSPS) is 15.4. The maximum absolute atomic E-state index is 13.5. The van der Waals surface area contributed by atoms with Gasteiger partial charge in [-0.3, -0.25) is 9.59 Å². The molecule has 0 unspecified atom stereocenters. The first kappa shape index (κ1) is 20.2. The first-order chi connectivity index (χ1) is 14.4. The van der Waals surface area contributed by atoms with Crippen molar-refractivity contribution in [2.75, 3.05) is 10.6 Å². The van der Waals surface area contributed by atoms with Crippen molar-refractivity contribution in [3.8, 4) is 11.3 Å². The molecule has 0 bridgehead atoms. The monoisotopic (exact) mass is 427 g/mol. The van der Waals surface area contributed by atoms with E-state index < -0.39 is 11.6 Å². The molecule has 0 saturated heterocycles. The molecular weight excluding hydrogens is 408 g/mol. The summed E-state index contributed by atoms with van der Waals surface area (Å²) in [5.41, 5.74) is 2.83. The minimum atomic E-state index is -0.946. The van der Waals surface area contributed by atoms with Crippen LogP contribution < -0.4 is 10.6 Å². The zero-order chi connectivity index (χ0) is 21.3. The van der Waals surface area contributed by atoms with Crippen LogP contribution >= 0.6 is 11.3 Å². The van der Waals surface area contributed by atoms with Gasteiger partial charge in [-0.1, -0.05) is 18.2 Å². The predicted octanol–water partition coefficient (Wildman–Crippen LogP) is 4.93. The summed E-state index contributed by atoms with van der Waals surface area (Å²) in [7, 11) is 0. The number of hydrogen-bond acceptors (Lipinski definition) is 4. The van der Waals surface area contributed by atoms with Gasteiger partial charge in [0.25, 0.3) is 0 Å². The van der Waals surface area contributed by atoms with Crippen LogP contribution in [0.5, 0.6) is 0 Å². The van der Waals surface area contributed by atoms with Gasteiger partial charge in [-0.2, -0.15) is 0 Å². The number of aromatic nitrogens is 1. The number of rotatable bonds is 5. The van der Waals surface area contributed by atoms with Crippen molar-refractivity contribution in [1.82, 2.24) is 4.98 Å². The topological polar surface area (TPSA) is 71.1 Å². The molecule has 2 amide bonds. The maximum atomic E-state index is 13.5. The van der Waals surface area contributed by atoms with Crippen molar-refractivity contribution in [2.24, 2.45) is 5.92 Å². The maximum Gasteiger partial charge on any atom is 0.227 e. The highest BCUT2D eigenvalue weighted by molar-refractivity contribution is 7.16. The lowest BCUT2D eigenvalue weighted by Crippen LogP contribution is -2.30. The molecule has 2 aromatic carbocycles. The van der Waals surface area contributed by atoms with Crippen molar-refractivity contribution in [2.45, 2.75) is 26.2 Å². The molecule has 1 aliphatic heterocycles. The van der Waals surface area contributed by atoms with Crippen LogP contribution in [0.1, 0.15) is 23.3 Å². The molecule has 2 heterocycles. The van der Waals surface area contributed by atoms with Crippen LogP contribution in [0.2, 0.25) is 0 Å². The summed E-state index contributed by atoms with van der Waals surface area (Å²) >= 11 is 1.26. The van der Waals surface area contributed by atoms with Gasteiger partial charge in [0, 0.05) is 28.5 Å². The number of halogens is 2. The Kier molecular flexibility index (Phi) is 5.59. The third kappa shape index (κ3) is 4.23. The Morgan fingerprint density at radius 3 is 2.83 bits per heavy atom. The van der Waals surface area contributed by atoms with Gasteiger partial charge in [0.1, 0.15) is 0 Å². The van der Waals surface area contributed by atoms with Gasteiger partial charge in [-0.25, -0.2) is 13.8 Å². The lowest BCUT2D eigenvalue weighted by atomic mass is 9.89. The third-order valence-electron chi connectivity index (χ3n) is 5.07. The Bertz CT molecular complexity index is 1130. The van der Waals surface area contributed by atoms with E-state index in [-0.39, 0.29) is 24.2 Å². The smallest absolute Gasteiger partial charge is 0.227 e. The van der Waals surface area contributed by atoms with Crippen molar-refractivity contribution < 1.29 is 18.4 Å². The average molecular weight is 427 g/mol. The van der Waals surface area contributed by atoms with E-state index in [4.69, 9.17) is 0 Å². The van der Waals surface area contributed by atoms with Gasteiger partial charge >= 0.3 is 0 Å². The Labute approximate surface area is 176 Å². The highest BCUT2D eigenvalue weighted by Gasteiger charge is 2.26. The van der Waals surface area contributed by atoms with Gasteiger partial charge in [-0.15, -0.1) is 11.3 Å². The predicted molar refractivity (Wildman–Crippen MR) is 112 cm³/mol. The Morgan fingerprint density at radius 2 is 2.03 bits per heavy atom. The molecule has 1 aliphatic rings. The molecule has 0 aliphatic carbocycles. The largest absolute Gasteiger partial charge is 0.326 e. The summed E-state index contributed by atoms with van der Waals surface area (Å²) in [6.45, 7) is 1.80. The molecular formula is C22H19F2N3O2S. The first-order valence-corrected chi connectivity index (χ1v) is 10.3. The fourth-order valence-corrected chi connectivity index (χ4v) is 4.35. The minimum Gasteiger partial charge on any atom is -0.326 e. The number of fused-ring (bicyclic) bond motifs is 1. The summed E-state index contributed by atoms with van der Waals surface area (Å²) < 4.78 is 26.7. The zero-order valence-electron chi connectivity index (χ0n) is 16.2. The molecule has 0 radical (unpaired) electrons. The van der Waals surface area contributed by atoms with Crippen molar-refractivity contribution in [1.29, 1.82) is 0 Å². The lowest BCUT2D eigenvalue weighted by molar-refractivity contribution is -0.121. The van der Waals surface area contributed by atoms with Gasteiger partial charge in [0.05, 0.1) is 5.69 Å². The second-order valence-corrected chi connectivity index (χ2v) is 8.39. The SMILES string of the molecule is Cc1sc(NC(=O)CC[C@H]2Cc3ccccc3NC2=O)nc1-c1ccc(F)c(F)c1. The molecule has 1 atom stereocenters. The van der Waals surface area contributed by atoms with Crippen molar-refractivity contribution in [3.05, 3.63) is 64.5 Å². The average Bonchev–Trinajstić information content (AvgIpc) is 3.08. The number of thiazole rings is 1. The number of anilines is 2. The highest BCUT2D eigenvalue weighted by atomic mass is 32.1. The Morgan fingerprint density at radius 1 is 1.23 bits per heavy atom. The molecule has 0 spiro atoms. The molecule has 8 heteroatoms. The number of carbonyl (C=O) groups excluding carboxylic acids is 2. The fourth-order valence-electron chi connectivity index (χ4n) is 3.49. The van der Waals surface area contributed by atoms with Crippen LogP contribution in [0.15, 0.2) is 42.5 Å². The van der Waals surface area contributed by atoms with E-state index in [1.807, 2.05) is 24.3 Å². The van der Waals surface area contributed by atoms with Gasteiger partial charge < -0.3 is 10.6 Å². The molecule has 1 aromatic heterocycles. The van der Waals surface area contributed by atoms with Gasteiger partial charge in [0.2, 0.25) is 11.8 Å². The summed E-state index contributed by atoms with van der Waals surface area (Å²) in [6, 6.07) is 11.2. The van der Waals surface area contributed by atoms with E-state index in [9.17, 15) is 18.4 Å². The summed E-state index contributed by atoms with van der Waals surface area (Å²) in [5, 5.41) is 6.01. The van der Waals surface area contributed by atoms with Crippen LogP contribution in [0.3, 0.4) is 0 Å². The molecule has 0 saturated carbocycles. The van der Waals surface area contributed by atoms with Crippen LogP contribution in [0.4, 0.5) is 19.6 Å². The molecule has 154 valence electrons. The number of benzene rings is 2. The second kappa shape index (κ2) is 8.31. The first-order valence-electron chi connectivity index (χ1n) is 9.52. The summed E-state index contributed by atoms with van der Waals surface area (Å²) in [5.74, 6) is -2.45. The highest BCUT2D eigenvalue weighted by Crippen LogP contribution is 2.32. The Balaban J connectivity index is 1.38. The Hall–Kier alpha value is -3.13. The number of carbonyl (C=O) groups is 2. The van der Waals surface area contributed by atoms with E-state index >= 15 is 0 Å². The number of hydrogen-bond donors (Lipinski definition) is 2. The van der Waals surface area contributed by atoms with Crippen molar-refractivity contribution >= 4 is 34.0 Å². The van der Waals surface area contributed by atoms with Crippen LogP contribution in [-0.2, 0) is 16.0 Å². The van der Waals surface area contributed by atoms with Gasteiger partial charge in [-0.05, 0) is 49.6 Å². The van der Waals surface area contributed by atoms with Crippen LogP contribution in [0.25, 0.3) is 11.3 Å². The van der Waals surface area contributed by atoms with E-state index in [2.05, 4.69) is 15.6 Å². The zero-order valence-corrected chi connectivity index (χ0v) is 17.0. The molecule has 30 heavy (non-hydrogen) atoms. The number of para-hydroxylation sites is 1. The van der Waals surface area contributed by atoms with Crippen LogP contribution in [0, 0.1) is 24.5 Å². The van der Waals surface area contributed by atoms with Crippen molar-refractivity contribution in [3.63, 3.8) is 0 Å². The minimum absolute atomic E-state index is 0.0767. The number of amides is 2. The molecule has 0 fully saturated rings.